The Morgan fingerprint density at radius 2 is 1.73 bits per heavy atom. The largest absolute Gasteiger partial charge is 0.331 e. The number of carbonyl (C=O) groups is 1. The maximum Gasteiger partial charge on any atom is 0.274 e. The Hall–Kier alpha value is -2.47. The Bertz CT molecular complexity index is 854. The summed E-state index contributed by atoms with van der Waals surface area (Å²) in [6, 6.07) is 12.7. The predicted octanol–water partition coefficient (Wildman–Crippen LogP) is 1.60. The van der Waals surface area contributed by atoms with Crippen LogP contribution in [0.4, 0.5) is 0 Å². The van der Waals surface area contributed by atoms with E-state index in [4.69, 9.17) is 0 Å². The Morgan fingerprint density at radius 3 is 2.38 bits per heavy atom. The van der Waals surface area contributed by atoms with E-state index in [-0.39, 0.29) is 17.0 Å². The van der Waals surface area contributed by atoms with Gasteiger partial charge in [-0.2, -0.15) is 5.10 Å². The third-order valence-electron chi connectivity index (χ3n) is 5.80. The van der Waals surface area contributed by atoms with Crippen LogP contribution in [0.1, 0.15) is 35.3 Å². The molecule has 1 aromatic carbocycles. The monoisotopic (exact) mass is 352 g/mol. The molecule has 2 aromatic rings. The molecule has 0 bridgehead atoms. The topological polar surface area (TPSA) is 58.4 Å². The molecule has 6 heteroatoms. The fraction of sp³-hybridized carbons (Fsp3) is 0.450. The number of carbonyl (C=O) groups excluding carboxylic acids is 1. The van der Waals surface area contributed by atoms with E-state index < -0.39 is 0 Å². The zero-order valence-corrected chi connectivity index (χ0v) is 15.1. The Labute approximate surface area is 153 Å². The number of benzene rings is 1. The van der Waals surface area contributed by atoms with Crippen molar-refractivity contribution in [1.82, 2.24) is 19.6 Å². The Balaban J connectivity index is 1.55. The molecule has 0 unspecified atom stereocenters. The van der Waals surface area contributed by atoms with Gasteiger partial charge in [0.15, 0.2) is 0 Å². The highest BCUT2D eigenvalue weighted by Crippen LogP contribution is 2.40. The maximum atomic E-state index is 13.0. The second-order valence-electron chi connectivity index (χ2n) is 7.43. The summed E-state index contributed by atoms with van der Waals surface area (Å²) in [4.78, 5) is 29.5. The van der Waals surface area contributed by atoms with Gasteiger partial charge in [-0.05, 0) is 37.9 Å². The first kappa shape index (κ1) is 17.0. The van der Waals surface area contributed by atoms with E-state index >= 15 is 0 Å². The molecule has 0 atom stereocenters. The van der Waals surface area contributed by atoms with Crippen LogP contribution < -0.4 is 5.56 Å². The lowest BCUT2D eigenvalue weighted by molar-refractivity contribution is -0.0355. The lowest BCUT2D eigenvalue weighted by Gasteiger charge is -2.56. The van der Waals surface area contributed by atoms with Crippen LogP contribution in [0.5, 0.6) is 0 Å². The van der Waals surface area contributed by atoms with Crippen LogP contribution in [-0.4, -0.2) is 57.7 Å². The molecule has 3 heterocycles. The fourth-order valence-corrected chi connectivity index (χ4v) is 3.98. The van der Waals surface area contributed by atoms with Crippen LogP contribution in [0.25, 0.3) is 0 Å². The van der Waals surface area contributed by atoms with Crippen molar-refractivity contribution in [3.05, 3.63) is 64.1 Å². The van der Waals surface area contributed by atoms with Gasteiger partial charge in [-0.1, -0.05) is 30.3 Å². The molecule has 1 spiro atoms. The first-order chi connectivity index (χ1) is 12.6. The van der Waals surface area contributed by atoms with E-state index in [1.807, 2.05) is 35.2 Å². The van der Waals surface area contributed by atoms with Gasteiger partial charge in [-0.3, -0.25) is 9.59 Å². The molecule has 26 heavy (non-hydrogen) atoms. The third kappa shape index (κ3) is 3.05. The van der Waals surface area contributed by atoms with Gasteiger partial charge in [-0.15, -0.1) is 0 Å². The molecule has 2 fully saturated rings. The molecular formula is C20H24N4O2. The number of likely N-dealkylation sites (tertiary alicyclic amines) is 2. The highest BCUT2D eigenvalue weighted by atomic mass is 16.2. The molecule has 2 aliphatic rings. The molecule has 1 amide bonds. The first-order valence-corrected chi connectivity index (χ1v) is 9.20. The molecule has 6 nitrogen and oxygen atoms in total. The highest BCUT2D eigenvalue weighted by Gasteiger charge is 2.48. The summed E-state index contributed by atoms with van der Waals surface area (Å²) in [6.07, 6.45) is 3.09. The number of hydrogen-bond acceptors (Lipinski definition) is 4. The number of amides is 1. The van der Waals surface area contributed by atoms with Gasteiger partial charge in [0.25, 0.3) is 11.5 Å². The van der Waals surface area contributed by atoms with Crippen molar-refractivity contribution in [2.45, 2.75) is 31.3 Å². The van der Waals surface area contributed by atoms with Crippen LogP contribution in [0.15, 0.2) is 47.3 Å². The third-order valence-corrected chi connectivity index (χ3v) is 5.80. The van der Waals surface area contributed by atoms with Gasteiger partial charge >= 0.3 is 0 Å². The molecule has 136 valence electrons. The van der Waals surface area contributed by atoms with Crippen molar-refractivity contribution in [3.8, 4) is 0 Å². The van der Waals surface area contributed by atoms with E-state index in [1.165, 1.54) is 10.7 Å². The average Bonchev–Trinajstić information content (AvgIpc) is 2.64. The minimum absolute atomic E-state index is 0.00826. The van der Waals surface area contributed by atoms with Crippen LogP contribution in [0.3, 0.4) is 0 Å². The van der Waals surface area contributed by atoms with E-state index in [1.54, 1.807) is 6.07 Å². The van der Waals surface area contributed by atoms with Gasteiger partial charge in [0, 0.05) is 31.2 Å². The molecule has 0 N–H and O–H groups in total. The van der Waals surface area contributed by atoms with Crippen LogP contribution in [-0.2, 0) is 6.54 Å². The Kier molecular flexibility index (Phi) is 4.36. The van der Waals surface area contributed by atoms with Crippen molar-refractivity contribution in [2.75, 3.05) is 26.7 Å². The molecule has 4 rings (SSSR count). The minimum atomic E-state index is -0.192. The predicted molar refractivity (Wildman–Crippen MR) is 99.2 cm³/mol. The minimum Gasteiger partial charge on any atom is -0.331 e. The van der Waals surface area contributed by atoms with Crippen LogP contribution >= 0.6 is 0 Å². The smallest absolute Gasteiger partial charge is 0.274 e. The van der Waals surface area contributed by atoms with E-state index in [0.29, 0.717) is 12.2 Å². The lowest BCUT2D eigenvalue weighted by atomic mass is 9.76. The van der Waals surface area contributed by atoms with Crippen molar-refractivity contribution in [2.24, 2.45) is 0 Å². The van der Waals surface area contributed by atoms with Crippen molar-refractivity contribution in [1.29, 1.82) is 0 Å². The van der Waals surface area contributed by atoms with E-state index in [9.17, 15) is 9.59 Å². The van der Waals surface area contributed by atoms with Crippen molar-refractivity contribution < 1.29 is 4.79 Å². The summed E-state index contributed by atoms with van der Waals surface area (Å²) >= 11 is 0. The normalized spacial score (nSPS) is 19.3. The van der Waals surface area contributed by atoms with Crippen LogP contribution in [0, 0.1) is 0 Å². The van der Waals surface area contributed by atoms with Gasteiger partial charge in [0.2, 0.25) is 0 Å². The Morgan fingerprint density at radius 1 is 1.04 bits per heavy atom. The number of rotatable bonds is 3. The molecule has 1 aromatic heterocycles. The number of nitrogens with zero attached hydrogens (tertiary/aromatic N) is 4. The summed E-state index contributed by atoms with van der Waals surface area (Å²) in [5.41, 5.74) is 1.15. The molecule has 0 aliphatic carbocycles. The van der Waals surface area contributed by atoms with Gasteiger partial charge in [0.05, 0.1) is 6.54 Å². The second-order valence-corrected chi connectivity index (χ2v) is 7.43. The molecule has 0 saturated carbocycles. The average molecular weight is 352 g/mol. The summed E-state index contributed by atoms with van der Waals surface area (Å²) in [5, 5.41) is 4.37. The number of hydrogen-bond donors (Lipinski definition) is 0. The summed E-state index contributed by atoms with van der Waals surface area (Å²) in [7, 11) is 2.12. The summed E-state index contributed by atoms with van der Waals surface area (Å²) < 4.78 is 1.38. The first-order valence-electron chi connectivity index (χ1n) is 9.20. The van der Waals surface area contributed by atoms with Crippen molar-refractivity contribution in [3.63, 3.8) is 0 Å². The zero-order valence-electron chi connectivity index (χ0n) is 15.1. The summed E-state index contributed by atoms with van der Waals surface area (Å²) in [6.45, 7) is 3.19. The lowest BCUT2D eigenvalue weighted by Crippen LogP contribution is -2.65. The molecular weight excluding hydrogens is 328 g/mol. The fourth-order valence-electron chi connectivity index (χ4n) is 3.98. The zero-order chi connectivity index (χ0) is 18.1. The van der Waals surface area contributed by atoms with Crippen LogP contribution in [0.2, 0.25) is 0 Å². The van der Waals surface area contributed by atoms with Gasteiger partial charge in [-0.25, -0.2) is 4.68 Å². The van der Waals surface area contributed by atoms with Gasteiger partial charge < -0.3 is 9.80 Å². The van der Waals surface area contributed by atoms with Crippen molar-refractivity contribution >= 4 is 5.91 Å². The van der Waals surface area contributed by atoms with E-state index in [0.717, 1.165) is 44.5 Å². The highest BCUT2D eigenvalue weighted by molar-refractivity contribution is 5.93. The maximum absolute atomic E-state index is 13.0. The quantitative estimate of drug-likeness (QED) is 0.842. The molecule has 0 radical (unpaired) electrons. The summed E-state index contributed by atoms with van der Waals surface area (Å²) in [5.74, 6) is -0.0531. The second kappa shape index (κ2) is 6.68. The number of piperidine rings is 1. The van der Waals surface area contributed by atoms with E-state index in [2.05, 4.69) is 17.0 Å². The number of aromatic nitrogens is 2. The van der Waals surface area contributed by atoms with Gasteiger partial charge in [0.1, 0.15) is 5.69 Å². The standard InChI is InChI=1S/C20H24N4O2/c1-22-12-9-20(10-13-22)11-14-23(20)19(26)17-7-8-18(25)24(21-17)15-16-5-3-2-4-6-16/h2-8H,9-15H2,1H3. The molecule has 2 aliphatic heterocycles. The molecule has 2 saturated heterocycles. The SMILES string of the molecule is CN1CCC2(CC1)CCN2C(=O)c1ccc(=O)n(Cc2ccccc2)n1.